The van der Waals surface area contributed by atoms with E-state index in [9.17, 15) is 19.8 Å². The molecule has 0 aliphatic carbocycles. The summed E-state index contributed by atoms with van der Waals surface area (Å²) in [6.07, 6.45) is -0.312. The van der Waals surface area contributed by atoms with Crippen molar-refractivity contribution in [1.82, 2.24) is 0 Å². The molecular formula is C8H18MnN4O4. The van der Waals surface area contributed by atoms with Gasteiger partial charge in [0.2, 0.25) is 0 Å². The Morgan fingerprint density at radius 1 is 0.882 bits per heavy atom. The maximum Gasteiger partial charge on any atom is 2.00 e. The van der Waals surface area contributed by atoms with Crippen molar-refractivity contribution in [3.05, 3.63) is 0 Å². The Hall–Kier alpha value is -0.701. The Labute approximate surface area is 110 Å². The number of carbonyl (C=O) groups excluding carboxylic acids is 2. The van der Waals surface area contributed by atoms with E-state index in [1.165, 1.54) is 0 Å². The van der Waals surface area contributed by atoms with Crippen molar-refractivity contribution in [1.29, 1.82) is 0 Å². The van der Waals surface area contributed by atoms with Gasteiger partial charge >= 0.3 is 17.1 Å². The maximum atomic E-state index is 9.72. The van der Waals surface area contributed by atoms with E-state index in [1.54, 1.807) is 0 Å². The van der Waals surface area contributed by atoms with Crippen molar-refractivity contribution >= 4 is 11.9 Å². The molecule has 2 atom stereocenters. The van der Waals surface area contributed by atoms with Gasteiger partial charge in [-0.25, -0.2) is 0 Å². The summed E-state index contributed by atoms with van der Waals surface area (Å²) in [5, 5.41) is 19.4. The third-order valence-corrected chi connectivity index (χ3v) is 1.46. The molecule has 0 spiro atoms. The molecule has 0 fully saturated rings. The van der Waals surface area contributed by atoms with Gasteiger partial charge in [0.05, 0.1) is 0 Å². The summed E-state index contributed by atoms with van der Waals surface area (Å²) in [5.41, 5.74) is 20.3. The quantitative estimate of drug-likeness (QED) is 0.349. The van der Waals surface area contributed by atoms with Crippen molar-refractivity contribution in [3.8, 4) is 0 Å². The molecule has 0 heterocycles. The number of hydrogen-bond acceptors (Lipinski definition) is 8. The van der Waals surface area contributed by atoms with Crippen LogP contribution in [0.15, 0.2) is 0 Å². The molecule has 2 unspecified atom stereocenters. The summed E-state index contributed by atoms with van der Waals surface area (Å²) in [7, 11) is 0. The average molecular weight is 289 g/mol. The van der Waals surface area contributed by atoms with Crippen LogP contribution in [0.5, 0.6) is 0 Å². The smallest absolute Gasteiger partial charge is 0.550 e. The normalized spacial score (nSPS) is 12.5. The van der Waals surface area contributed by atoms with Gasteiger partial charge in [0.25, 0.3) is 0 Å². The summed E-state index contributed by atoms with van der Waals surface area (Å²) >= 11 is 0. The third-order valence-electron chi connectivity index (χ3n) is 1.46. The fraction of sp³-hybridized carbons (Fsp3) is 0.750. The minimum absolute atomic E-state index is 0. The van der Waals surface area contributed by atoms with Crippen LogP contribution < -0.4 is 33.1 Å². The Kier molecular flexibility index (Phi) is 17.0. The fourth-order valence-corrected chi connectivity index (χ4v) is 0.595. The first-order valence-electron chi connectivity index (χ1n) is 4.64. The zero-order chi connectivity index (χ0) is 13.1. The molecule has 0 saturated carbocycles. The molecule has 101 valence electrons. The van der Waals surface area contributed by atoms with Crippen molar-refractivity contribution < 1.29 is 36.9 Å². The molecule has 0 aromatic heterocycles. The number of rotatable bonds is 6. The number of nitrogens with two attached hydrogens (primary N) is 4. The first kappa shape index (κ1) is 21.6. The van der Waals surface area contributed by atoms with Crippen LogP contribution in [0.3, 0.4) is 0 Å². The van der Waals surface area contributed by atoms with E-state index >= 15 is 0 Å². The van der Waals surface area contributed by atoms with E-state index in [0.29, 0.717) is 0 Å². The molecule has 17 heavy (non-hydrogen) atoms. The zero-order valence-corrected chi connectivity index (χ0v) is 10.5. The number of carboxylic acids is 2. The van der Waals surface area contributed by atoms with Crippen LogP contribution in [0.25, 0.3) is 0 Å². The van der Waals surface area contributed by atoms with Gasteiger partial charge in [-0.2, -0.15) is 0 Å². The van der Waals surface area contributed by atoms with Gasteiger partial charge in [-0.15, -0.1) is 0 Å². The van der Waals surface area contributed by atoms with Crippen molar-refractivity contribution in [2.45, 2.75) is 24.9 Å². The average Bonchev–Trinajstić information content (AvgIpc) is 2.16. The van der Waals surface area contributed by atoms with Crippen LogP contribution >= 0.6 is 0 Å². The SMILES string of the molecule is NCC(N)CC(=O)[O-].NCC(N)CC(=O)[O-].[Mn+2]. The molecule has 0 saturated heterocycles. The topological polar surface area (TPSA) is 184 Å². The predicted molar refractivity (Wildman–Crippen MR) is 53.3 cm³/mol. The van der Waals surface area contributed by atoms with Gasteiger partial charge in [0.1, 0.15) is 0 Å². The molecule has 0 aliphatic heterocycles. The first-order chi connectivity index (χ1) is 7.33. The van der Waals surface area contributed by atoms with Crippen molar-refractivity contribution in [3.63, 3.8) is 0 Å². The summed E-state index contributed by atoms with van der Waals surface area (Å²) in [6.45, 7) is 0.377. The first-order valence-corrected chi connectivity index (χ1v) is 4.64. The van der Waals surface area contributed by atoms with Crippen LogP contribution in [0, 0.1) is 0 Å². The molecule has 0 aromatic rings. The zero-order valence-electron chi connectivity index (χ0n) is 9.30. The van der Waals surface area contributed by atoms with E-state index in [-0.39, 0.29) is 43.0 Å². The monoisotopic (exact) mass is 289 g/mol. The Morgan fingerprint density at radius 2 is 1.12 bits per heavy atom. The van der Waals surface area contributed by atoms with Crippen molar-refractivity contribution in [2.24, 2.45) is 22.9 Å². The fourth-order valence-electron chi connectivity index (χ4n) is 0.595. The second kappa shape index (κ2) is 13.4. The Balaban J connectivity index is -0.000000218. The van der Waals surface area contributed by atoms with E-state index in [4.69, 9.17) is 22.9 Å². The number of aliphatic carboxylic acids is 2. The van der Waals surface area contributed by atoms with Crippen LogP contribution in [-0.4, -0.2) is 37.1 Å². The molecule has 8 nitrogen and oxygen atoms in total. The van der Waals surface area contributed by atoms with Crippen LogP contribution in [0.4, 0.5) is 0 Å². The molecule has 9 heteroatoms. The molecule has 0 bridgehead atoms. The second-order valence-corrected chi connectivity index (χ2v) is 3.14. The molecule has 0 amide bonds. The summed E-state index contributed by atoms with van der Waals surface area (Å²) in [6, 6.07) is -0.917. The van der Waals surface area contributed by atoms with E-state index in [2.05, 4.69) is 0 Å². The molecule has 0 aromatic carbocycles. The molecule has 8 N–H and O–H groups in total. The largest absolute Gasteiger partial charge is 2.00 e. The van der Waals surface area contributed by atoms with Crippen molar-refractivity contribution in [2.75, 3.05) is 13.1 Å². The van der Waals surface area contributed by atoms with Gasteiger partial charge in [0.15, 0.2) is 0 Å². The summed E-state index contributed by atoms with van der Waals surface area (Å²) in [4.78, 5) is 19.4. The minimum Gasteiger partial charge on any atom is -0.550 e. The molecule has 0 aliphatic rings. The predicted octanol–water partition coefficient (Wildman–Crippen LogP) is -5.18. The minimum atomic E-state index is -1.15. The molecule has 1 radical (unpaired) electrons. The van der Waals surface area contributed by atoms with Gasteiger partial charge in [0, 0.05) is 50.0 Å². The Bertz CT molecular complexity index is 196. The third kappa shape index (κ3) is 21.2. The number of carbonyl (C=O) groups is 2. The maximum absolute atomic E-state index is 9.72. The van der Waals surface area contributed by atoms with Gasteiger partial charge in [-0.05, 0) is 0 Å². The van der Waals surface area contributed by atoms with Gasteiger partial charge in [-0.1, -0.05) is 0 Å². The number of carboxylic acid groups (broad SMARTS) is 2. The van der Waals surface area contributed by atoms with Crippen LogP contribution in [0.1, 0.15) is 12.8 Å². The molecular weight excluding hydrogens is 271 g/mol. The second-order valence-electron chi connectivity index (χ2n) is 3.14. The van der Waals surface area contributed by atoms with Crippen LogP contribution in [0.2, 0.25) is 0 Å². The summed E-state index contributed by atoms with van der Waals surface area (Å²) in [5.74, 6) is -2.30. The summed E-state index contributed by atoms with van der Waals surface area (Å²) < 4.78 is 0. The van der Waals surface area contributed by atoms with E-state index in [1.807, 2.05) is 0 Å². The van der Waals surface area contributed by atoms with E-state index < -0.39 is 24.0 Å². The van der Waals surface area contributed by atoms with Gasteiger partial charge in [-0.3, -0.25) is 0 Å². The Morgan fingerprint density at radius 3 is 1.18 bits per heavy atom. The standard InChI is InChI=1S/2C4H10N2O2.Mn/c2*5-2-3(6)1-4(7)8;/h2*3H,1-2,5-6H2,(H,7,8);/q;;+2/p-2. The molecule has 0 rings (SSSR count). The van der Waals surface area contributed by atoms with E-state index in [0.717, 1.165) is 0 Å². The number of hydrogen-bond donors (Lipinski definition) is 4. The van der Waals surface area contributed by atoms with Crippen LogP contribution in [-0.2, 0) is 26.7 Å². The van der Waals surface area contributed by atoms with Gasteiger partial charge < -0.3 is 42.7 Å².